The van der Waals surface area contributed by atoms with Crippen LogP contribution in [0.25, 0.3) is 0 Å². The Balaban J connectivity index is 5.54. The summed E-state index contributed by atoms with van der Waals surface area (Å²) in [5.41, 5.74) is 16.2. The molecule has 0 heterocycles. The van der Waals surface area contributed by atoms with E-state index in [1.165, 1.54) is 0 Å². The van der Waals surface area contributed by atoms with Gasteiger partial charge in [-0.2, -0.15) is 0 Å². The van der Waals surface area contributed by atoms with E-state index in [9.17, 15) is 33.9 Å². The standard InChI is InChI=1S/C21H38N6O8/c1-11(2)9-15(27-18(31)12(23)10-16(24)28)20(33)25-13(5-3-4-8-22)19(32)26-14(21(34)35)6-7-17(29)30/h11-15H,3-10,22-23H2,1-2H3,(H2,24,28)(H,25,33)(H,26,32)(H,27,31)(H,29,30)(H,34,35). The lowest BCUT2D eigenvalue weighted by Crippen LogP contribution is -2.57. The van der Waals surface area contributed by atoms with E-state index < -0.39 is 72.6 Å². The van der Waals surface area contributed by atoms with Gasteiger partial charge in [-0.05, 0) is 44.6 Å². The number of amides is 4. The zero-order chi connectivity index (χ0) is 27.1. The molecule has 4 atom stereocenters. The normalized spacial score (nSPS) is 14.3. The van der Waals surface area contributed by atoms with Crippen molar-refractivity contribution in [2.24, 2.45) is 23.1 Å². The zero-order valence-electron chi connectivity index (χ0n) is 20.1. The fraction of sp³-hybridized carbons (Fsp3) is 0.714. The second-order valence-corrected chi connectivity index (χ2v) is 8.65. The van der Waals surface area contributed by atoms with Crippen LogP contribution in [-0.2, 0) is 28.8 Å². The fourth-order valence-corrected chi connectivity index (χ4v) is 3.12. The lowest BCUT2D eigenvalue weighted by Gasteiger charge is -2.26. The molecular formula is C21H38N6O8. The number of nitrogens with one attached hydrogen (secondary N) is 3. The van der Waals surface area contributed by atoms with Crippen molar-refractivity contribution < 1.29 is 39.0 Å². The highest BCUT2D eigenvalue weighted by Gasteiger charge is 2.30. The summed E-state index contributed by atoms with van der Waals surface area (Å²) in [6.45, 7) is 3.95. The second kappa shape index (κ2) is 16.4. The number of carboxylic acid groups (broad SMARTS) is 2. The van der Waals surface area contributed by atoms with Crippen molar-refractivity contribution in [3.05, 3.63) is 0 Å². The van der Waals surface area contributed by atoms with Crippen molar-refractivity contribution in [3.8, 4) is 0 Å². The summed E-state index contributed by atoms with van der Waals surface area (Å²) in [7, 11) is 0. The van der Waals surface area contributed by atoms with Gasteiger partial charge in [-0.25, -0.2) is 4.79 Å². The number of hydrogen-bond donors (Lipinski definition) is 8. The van der Waals surface area contributed by atoms with E-state index in [-0.39, 0.29) is 25.2 Å². The Labute approximate surface area is 203 Å². The van der Waals surface area contributed by atoms with Crippen LogP contribution in [0.5, 0.6) is 0 Å². The number of hydrogen-bond acceptors (Lipinski definition) is 8. The predicted molar refractivity (Wildman–Crippen MR) is 124 cm³/mol. The molecule has 14 nitrogen and oxygen atoms in total. The molecular weight excluding hydrogens is 464 g/mol. The van der Waals surface area contributed by atoms with Crippen LogP contribution in [0.1, 0.15) is 58.8 Å². The highest BCUT2D eigenvalue weighted by molar-refractivity contribution is 5.95. The molecule has 0 rings (SSSR count). The monoisotopic (exact) mass is 502 g/mol. The lowest BCUT2D eigenvalue weighted by atomic mass is 10.0. The highest BCUT2D eigenvalue weighted by Crippen LogP contribution is 2.09. The van der Waals surface area contributed by atoms with Gasteiger partial charge >= 0.3 is 11.9 Å². The Morgan fingerprint density at radius 3 is 1.83 bits per heavy atom. The summed E-state index contributed by atoms with van der Waals surface area (Å²) in [6, 6.07) is -4.98. The van der Waals surface area contributed by atoms with E-state index in [4.69, 9.17) is 22.3 Å². The number of nitrogens with two attached hydrogens (primary N) is 3. The highest BCUT2D eigenvalue weighted by atomic mass is 16.4. The smallest absolute Gasteiger partial charge is 0.326 e. The molecule has 0 aromatic rings. The van der Waals surface area contributed by atoms with Crippen LogP contribution in [0.2, 0.25) is 0 Å². The molecule has 0 aromatic heterocycles. The Kier molecular flexibility index (Phi) is 14.9. The molecule has 0 aliphatic carbocycles. The van der Waals surface area contributed by atoms with E-state index in [2.05, 4.69) is 16.0 Å². The van der Waals surface area contributed by atoms with Crippen molar-refractivity contribution in [1.82, 2.24) is 16.0 Å². The molecule has 0 fully saturated rings. The Hall–Kier alpha value is -3.26. The summed E-state index contributed by atoms with van der Waals surface area (Å²) >= 11 is 0. The maximum atomic E-state index is 13.0. The van der Waals surface area contributed by atoms with Crippen molar-refractivity contribution in [1.29, 1.82) is 0 Å². The minimum Gasteiger partial charge on any atom is -0.481 e. The number of rotatable bonds is 18. The van der Waals surface area contributed by atoms with Gasteiger partial charge in [-0.3, -0.25) is 24.0 Å². The minimum atomic E-state index is -1.47. The van der Waals surface area contributed by atoms with Crippen LogP contribution in [0.3, 0.4) is 0 Å². The molecule has 0 radical (unpaired) electrons. The van der Waals surface area contributed by atoms with E-state index in [1.807, 2.05) is 0 Å². The molecule has 11 N–H and O–H groups in total. The van der Waals surface area contributed by atoms with Crippen LogP contribution in [0, 0.1) is 5.92 Å². The number of primary amides is 1. The van der Waals surface area contributed by atoms with Gasteiger partial charge in [0.2, 0.25) is 23.6 Å². The largest absolute Gasteiger partial charge is 0.481 e. The van der Waals surface area contributed by atoms with Crippen LogP contribution in [0.4, 0.5) is 0 Å². The summed E-state index contributed by atoms with van der Waals surface area (Å²) < 4.78 is 0. The van der Waals surface area contributed by atoms with Crippen LogP contribution in [-0.4, -0.2) is 76.5 Å². The van der Waals surface area contributed by atoms with Gasteiger partial charge in [0.25, 0.3) is 0 Å². The Morgan fingerprint density at radius 1 is 0.800 bits per heavy atom. The van der Waals surface area contributed by atoms with Gasteiger partial charge in [0.05, 0.1) is 12.5 Å². The molecule has 14 heteroatoms. The molecule has 0 aliphatic heterocycles. The first kappa shape index (κ1) is 31.7. The third-order valence-electron chi connectivity index (χ3n) is 4.94. The van der Waals surface area contributed by atoms with Gasteiger partial charge in [0.15, 0.2) is 0 Å². The van der Waals surface area contributed by atoms with E-state index in [0.717, 1.165) is 0 Å². The van der Waals surface area contributed by atoms with Gasteiger partial charge in [-0.1, -0.05) is 13.8 Å². The number of unbranched alkanes of at least 4 members (excludes halogenated alkanes) is 1. The predicted octanol–water partition coefficient (Wildman–Crippen LogP) is -2.23. The molecule has 4 unspecified atom stereocenters. The molecule has 4 amide bonds. The summed E-state index contributed by atoms with van der Waals surface area (Å²) in [4.78, 5) is 71.4. The molecule has 0 saturated carbocycles. The maximum absolute atomic E-state index is 13.0. The van der Waals surface area contributed by atoms with E-state index in [0.29, 0.717) is 19.4 Å². The first-order valence-corrected chi connectivity index (χ1v) is 11.4. The number of carbonyl (C=O) groups is 6. The van der Waals surface area contributed by atoms with Crippen LogP contribution in [0.15, 0.2) is 0 Å². The quantitative estimate of drug-likeness (QED) is 0.0935. The summed E-state index contributed by atoms with van der Waals surface area (Å²) in [5.74, 6) is -5.76. The summed E-state index contributed by atoms with van der Waals surface area (Å²) in [5, 5.41) is 25.4. The van der Waals surface area contributed by atoms with Crippen molar-refractivity contribution in [2.45, 2.75) is 83.0 Å². The minimum absolute atomic E-state index is 0.0460. The molecule has 0 spiro atoms. The third-order valence-corrected chi connectivity index (χ3v) is 4.94. The first-order valence-electron chi connectivity index (χ1n) is 11.4. The molecule has 0 aliphatic rings. The Morgan fingerprint density at radius 2 is 1.34 bits per heavy atom. The van der Waals surface area contributed by atoms with Gasteiger partial charge < -0.3 is 43.4 Å². The van der Waals surface area contributed by atoms with Crippen molar-refractivity contribution >= 4 is 35.6 Å². The van der Waals surface area contributed by atoms with Gasteiger partial charge in [0.1, 0.15) is 18.1 Å². The zero-order valence-corrected chi connectivity index (χ0v) is 20.1. The average molecular weight is 503 g/mol. The average Bonchev–Trinajstić information content (AvgIpc) is 2.73. The first-order chi connectivity index (χ1) is 16.3. The number of carbonyl (C=O) groups excluding carboxylic acids is 4. The summed E-state index contributed by atoms with van der Waals surface area (Å²) in [6.07, 6.45) is 0.0531. The van der Waals surface area contributed by atoms with Crippen LogP contribution < -0.4 is 33.2 Å². The van der Waals surface area contributed by atoms with Crippen molar-refractivity contribution in [2.75, 3.05) is 6.54 Å². The molecule has 0 saturated heterocycles. The molecule has 200 valence electrons. The third kappa shape index (κ3) is 13.9. The van der Waals surface area contributed by atoms with Gasteiger partial charge in [0, 0.05) is 6.42 Å². The van der Waals surface area contributed by atoms with Crippen molar-refractivity contribution in [3.63, 3.8) is 0 Å². The topological polar surface area (TPSA) is 257 Å². The van der Waals surface area contributed by atoms with E-state index >= 15 is 0 Å². The van der Waals surface area contributed by atoms with Crippen LogP contribution >= 0.6 is 0 Å². The number of aliphatic carboxylic acids is 2. The molecule has 0 aromatic carbocycles. The van der Waals surface area contributed by atoms with E-state index in [1.54, 1.807) is 13.8 Å². The maximum Gasteiger partial charge on any atom is 0.326 e. The SMILES string of the molecule is CC(C)CC(NC(=O)C(N)CC(N)=O)C(=O)NC(CCCCN)C(=O)NC(CCC(=O)O)C(=O)O. The second-order valence-electron chi connectivity index (χ2n) is 8.65. The molecule has 0 bridgehead atoms. The fourth-order valence-electron chi connectivity index (χ4n) is 3.12. The molecule has 35 heavy (non-hydrogen) atoms. The lowest BCUT2D eigenvalue weighted by molar-refractivity contribution is -0.143. The Bertz CT molecular complexity index is 760. The number of carboxylic acids is 2. The van der Waals surface area contributed by atoms with Gasteiger partial charge in [-0.15, -0.1) is 0 Å².